The Balaban J connectivity index is 2.15. The number of anilines is 1. The highest BCUT2D eigenvalue weighted by atomic mass is 32.2. The lowest BCUT2D eigenvalue weighted by Gasteiger charge is -2.21. The number of hydrogen-bond donors (Lipinski definition) is 1. The van der Waals surface area contributed by atoms with E-state index in [1.165, 1.54) is 26.4 Å². The van der Waals surface area contributed by atoms with E-state index >= 15 is 0 Å². The number of benzene rings is 2. The summed E-state index contributed by atoms with van der Waals surface area (Å²) in [5.41, 5.74) is 1.59. The molecule has 0 atom stereocenters. The lowest BCUT2D eigenvalue weighted by Crippen LogP contribution is -2.23. The second-order valence-electron chi connectivity index (χ2n) is 5.54. The lowest BCUT2D eigenvalue weighted by atomic mass is 10.1. The fraction of sp³-hybridized carbons (Fsp3) is 0.167. The van der Waals surface area contributed by atoms with Crippen LogP contribution in [-0.2, 0) is 9.84 Å². The van der Waals surface area contributed by atoms with Gasteiger partial charge in [-0.15, -0.1) is 0 Å². The van der Waals surface area contributed by atoms with Gasteiger partial charge < -0.3 is 14.8 Å². The minimum atomic E-state index is -3.98. The van der Waals surface area contributed by atoms with Crippen LogP contribution in [0, 0.1) is 6.92 Å². The minimum Gasteiger partial charge on any atom is -0.496 e. The Hall–Kier alpha value is -2.80. The number of carbonyl (C=O) groups is 1. The van der Waals surface area contributed by atoms with E-state index < -0.39 is 15.6 Å². The van der Waals surface area contributed by atoms with Crippen LogP contribution in [0.25, 0.3) is 0 Å². The van der Waals surface area contributed by atoms with Crippen molar-refractivity contribution in [2.75, 3.05) is 19.5 Å². The monoisotopic (exact) mass is 359 g/mol. The molecule has 0 radical (unpaired) electrons. The predicted molar refractivity (Wildman–Crippen MR) is 93.9 cm³/mol. The first kappa shape index (κ1) is 17.0. The molecule has 7 heteroatoms. The summed E-state index contributed by atoms with van der Waals surface area (Å²) in [5.74, 6) is -0.175. The van der Waals surface area contributed by atoms with Crippen LogP contribution >= 0.6 is 0 Å². The van der Waals surface area contributed by atoms with Crippen LogP contribution in [0.4, 0.5) is 5.69 Å². The van der Waals surface area contributed by atoms with Crippen molar-refractivity contribution in [3.8, 4) is 11.5 Å². The van der Waals surface area contributed by atoms with E-state index in [1.807, 2.05) is 19.1 Å². The molecule has 1 heterocycles. The minimum absolute atomic E-state index is 0.0173. The second-order valence-corrected chi connectivity index (χ2v) is 7.40. The normalized spacial score (nSPS) is 15.2. The van der Waals surface area contributed by atoms with E-state index in [0.717, 1.165) is 11.6 Å². The van der Waals surface area contributed by atoms with Gasteiger partial charge in [0.15, 0.2) is 5.78 Å². The average molecular weight is 359 g/mol. The smallest absolute Gasteiger partial charge is 0.226 e. The molecule has 0 aromatic heterocycles. The van der Waals surface area contributed by atoms with Gasteiger partial charge in [0.05, 0.1) is 19.8 Å². The zero-order chi connectivity index (χ0) is 18.2. The third kappa shape index (κ3) is 2.87. The van der Waals surface area contributed by atoms with Gasteiger partial charge in [0.1, 0.15) is 21.4 Å². The molecule has 2 aromatic rings. The highest BCUT2D eigenvalue weighted by molar-refractivity contribution is 7.95. The Morgan fingerprint density at radius 2 is 1.52 bits per heavy atom. The molecule has 0 amide bonds. The van der Waals surface area contributed by atoms with E-state index in [-0.39, 0.29) is 27.0 Å². The molecule has 0 bridgehead atoms. The van der Waals surface area contributed by atoms with Crippen LogP contribution in [0.1, 0.15) is 15.9 Å². The van der Waals surface area contributed by atoms with Crippen molar-refractivity contribution in [1.82, 2.24) is 0 Å². The summed E-state index contributed by atoms with van der Waals surface area (Å²) in [4.78, 5) is 12.4. The third-order valence-electron chi connectivity index (χ3n) is 3.91. The average Bonchev–Trinajstić information content (AvgIpc) is 2.60. The maximum atomic E-state index is 13.1. The molecule has 1 aliphatic rings. The van der Waals surface area contributed by atoms with Gasteiger partial charge in [-0.25, -0.2) is 8.42 Å². The molecule has 6 nitrogen and oxygen atoms in total. The lowest BCUT2D eigenvalue weighted by molar-refractivity contribution is 0.103. The second kappa shape index (κ2) is 6.25. The molecular formula is C18H17NO5S. The van der Waals surface area contributed by atoms with E-state index in [4.69, 9.17) is 9.47 Å². The molecule has 1 N–H and O–H groups in total. The number of nitrogens with one attached hydrogen (secondary N) is 1. The van der Waals surface area contributed by atoms with Gasteiger partial charge in [-0.1, -0.05) is 17.7 Å². The van der Waals surface area contributed by atoms with E-state index in [9.17, 15) is 13.2 Å². The van der Waals surface area contributed by atoms with Gasteiger partial charge in [-0.05, 0) is 31.2 Å². The van der Waals surface area contributed by atoms with Crippen LogP contribution in [0.5, 0.6) is 11.5 Å². The summed E-state index contributed by atoms with van der Waals surface area (Å²) in [6.07, 6.45) is 1.07. The Morgan fingerprint density at radius 3 is 2.12 bits per heavy atom. The molecule has 130 valence electrons. The van der Waals surface area contributed by atoms with Crippen LogP contribution in [0.15, 0.2) is 52.4 Å². The molecule has 0 spiro atoms. The zero-order valence-corrected chi connectivity index (χ0v) is 14.8. The van der Waals surface area contributed by atoms with Crippen molar-refractivity contribution in [2.24, 2.45) is 0 Å². The standard InChI is InChI=1S/C18H17NO5S/c1-11-4-6-12(7-5-11)19-16-10-13(20)17-14(23-2)8-9-15(24-3)18(17)25(16,21)22/h4-10,19H,1-3H3. The van der Waals surface area contributed by atoms with Gasteiger partial charge >= 0.3 is 0 Å². The molecule has 0 saturated heterocycles. The van der Waals surface area contributed by atoms with Crippen molar-refractivity contribution in [2.45, 2.75) is 11.8 Å². The van der Waals surface area contributed by atoms with Crippen molar-refractivity contribution in [3.63, 3.8) is 0 Å². The SMILES string of the molecule is COc1ccc(OC)c2c1C(=O)C=C(Nc1ccc(C)cc1)S2(=O)=O. The topological polar surface area (TPSA) is 81.7 Å². The molecular weight excluding hydrogens is 342 g/mol. The zero-order valence-electron chi connectivity index (χ0n) is 14.0. The predicted octanol–water partition coefficient (Wildman–Crippen LogP) is 2.94. The number of ketones is 1. The highest BCUT2D eigenvalue weighted by Gasteiger charge is 2.37. The first-order valence-corrected chi connectivity index (χ1v) is 8.96. The van der Waals surface area contributed by atoms with Crippen LogP contribution < -0.4 is 14.8 Å². The van der Waals surface area contributed by atoms with Crippen molar-refractivity contribution in [3.05, 3.63) is 58.6 Å². The van der Waals surface area contributed by atoms with Crippen molar-refractivity contribution >= 4 is 21.3 Å². The maximum Gasteiger partial charge on any atom is 0.226 e. The van der Waals surface area contributed by atoms with Crippen molar-refractivity contribution < 1.29 is 22.7 Å². The van der Waals surface area contributed by atoms with Gasteiger partial charge in [-0.3, -0.25) is 4.79 Å². The van der Waals surface area contributed by atoms with E-state index in [0.29, 0.717) is 5.69 Å². The van der Waals surface area contributed by atoms with Gasteiger partial charge in [0, 0.05) is 11.8 Å². The molecule has 25 heavy (non-hydrogen) atoms. The molecule has 0 saturated carbocycles. The number of hydrogen-bond acceptors (Lipinski definition) is 6. The summed E-state index contributed by atoms with van der Waals surface area (Å²) >= 11 is 0. The summed E-state index contributed by atoms with van der Waals surface area (Å²) in [6, 6.07) is 10.2. The highest BCUT2D eigenvalue weighted by Crippen LogP contribution is 2.40. The number of rotatable bonds is 4. The number of aryl methyl sites for hydroxylation is 1. The third-order valence-corrected chi connectivity index (χ3v) is 5.65. The quantitative estimate of drug-likeness (QED) is 0.904. The first-order chi connectivity index (χ1) is 11.9. The maximum absolute atomic E-state index is 13.1. The Bertz CT molecular complexity index is 975. The molecule has 0 aliphatic carbocycles. The summed E-state index contributed by atoms with van der Waals surface area (Å²) in [5, 5.41) is 2.62. The molecule has 0 fully saturated rings. The van der Waals surface area contributed by atoms with Gasteiger partial charge in [0.25, 0.3) is 0 Å². The number of sulfone groups is 1. The summed E-state index contributed by atoms with van der Waals surface area (Å²) < 4.78 is 36.4. The molecule has 2 aromatic carbocycles. The number of methoxy groups -OCH3 is 2. The van der Waals surface area contributed by atoms with E-state index in [2.05, 4.69) is 5.32 Å². The number of allylic oxidation sites excluding steroid dienone is 1. The van der Waals surface area contributed by atoms with Crippen LogP contribution in [0.2, 0.25) is 0 Å². The van der Waals surface area contributed by atoms with Crippen LogP contribution in [-0.4, -0.2) is 28.4 Å². The Morgan fingerprint density at radius 1 is 0.920 bits per heavy atom. The van der Waals surface area contributed by atoms with E-state index in [1.54, 1.807) is 12.1 Å². The van der Waals surface area contributed by atoms with Gasteiger partial charge in [-0.2, -0.15) is 0 Å². The molecule has 1 aliphatic heterocycles. The molecule has 0 unspecified atom stereocenters. The van der Waals surface area contributed by atoms with Crippen molar-refractivity contribution in [1.29, 1.82) is 0 Å². The largest absolute Gasteiger partial charge is 0.496 e. The fourth-order valence-corrected chi connectivity index (χ4v) is 4.26. The summed E-state index contributed by atoms with van der Waals surface area (Å²) in [7, 11) is -1.24. The van der Waals surface area contributed by atoms with Gasteiger partial charge in [0.2, 0.25) is 9.84 Å². The fourth-order valence-electron chi connectivity index (χ4n) is 2.64. The molecule has 3 rings (SSSR count). The summed E-state index contributed by atoms with van der Waals surface area (Å²) in [6.45, 7) is 1.93. The Kier molecular flexibility index (Phi) is 4.26. The Labute approximate surface area is 146 Å². The van der Waals surface area contributed by atoms with Crippen LogP contribution in [0.3, 0.4) is 0 Å². The first-order valence-electron chi connectivity index (χ1n) is 7.48. The number of ether oxygens (including phenoxy) is 2. The number of fused-ring (bicyclic) bond motifs is 1. The number of carbonyl (C=O) groups excluding carboxylic acids is 1.